The highest BCUT2D eigenvalue weighted by atomic mass is 16.6. The van der Waals surface area contributed by atoms with E-state index in [0.29, 0.717) is 19.4 Å². The van der Waals surface area contributed by atoms with Crippen LogP contribution in [-0.4, -0.2) is 49.7 Å². The van der Waals surface area contributed by atoms with E-state index in [1.54, 1.807) is 0 Å². The van der Waals surface area contributed by atoms with Crippen LogP contribution in [-0.2, 0) is 11.8 Å². The van der Waals surface area contributed by atoms with Gasteiger partial charge in [-0.2, -0.15) is 5.10 Å². The molecular formula is C12H16N4O5. The summed E-state index contributed by atoms with van der Waals surface area (Å²) in [7, 11) is 1.46. The van der Waals surface area contributed by atoms with Crippen LogP contribution >= 0.6 is 0 Å². The van der Waals surface area contributed by atoms with Gasteiger partial charge in [-0.15, -0.1) is 0 Å². The number of carboxylic acid groups (broad SMARTS) is 1. The molecule has 0 radical (unpaired) electrons. The molecule has 0 spiro atoms. The summed E-state index contributed by atoms with van der Waals surface area (Å²) in [4.78, 5) is 35.4. The van der Waals surface area contributed by atoms with E-state index in [1.165, 1.54) is 23.6 Å². The maximum Gasteiger partial charge on any atom is 0.322 e. The average Bonchev–Trinajstić information content (AvgIpc) is 2.72. The minimum atomic E-state index is -0.955. The van der Waals surface area contributed by atoms with Crippen molar-refractivity contribution in [1.29, 1.82) is 0 Å². The van der Waals surface area contributed by atoms with Gasteiger partial charge in [0.1, 0.15) is 5.69 Å². The smallest absolute Gasteiger partial charge is 0.322 e. The first kappa shape index (κ1) is 14.9. The Morgan fingerprint density at radius 1 is 1.48 bits per heavy atom. The number of rotatable bonds is 3. The fourth-order valence-electron chi connectivity index (χ4n) is 2.62. The molecule has 1 aromatic rings. The zero-order valence-electron chi connectivity index (χ0n) is 11.8. The van der Waals surface area contributed by atoms with E-state index in [2.05, 4.69) is 5.10 Å². The Hall–Kier alpha value is -2.45. The molecule has 9 nitrogen and oxygen atoms in total. The molecule has 1 amide bonds. The van der Waals surface area contributed by atoms with Gasteiger partial charge in [0.05, 0.1) is 10.8 Å². The predicted molar refractivity (Wildman–Crippen MR) is 70.9 cm³/mol. The zero-order chi connectivity index (χ0) is 15.7. The zero-order valence-corrected chi connectivity index (χ0v) is 11.8. The number of nitro groups is 1. The summed E-state index contributed by atoms with van der Waals surface area (Å²) in [6.07, 6.45) is 1.07. The normalized spacial score (nSPS) is 18.6. The van der Waals surface area contributed by atoms with Crippen molar-refractivity contribution >= 4 is 17.6 Å². The Morgan fingerprint density at radius 2 is 2.14 bits per heavy atom. The number of aromatic nitrogens is 2. The lowest BCUT2D eigenvalue weighted by molar-refractivity contribution is -0.385. The van der Waals surface area contributed by atoms with Crippen molar-refractivity contribution in [2.24, 2.45) is 13.0 Å². The third-order valence-corrected chi connectivity index (χ3v) is 3.63. The van der Waals surface area contributed by atoms with E-state index >= 15 is 0 Å². The minimum Gasteiger partial charge on any atom is -0.481 e. The first-order valence-electron chi connectivity index (χ1n) is 6.53. The molecule has 2 rings (SSSR count). The molecule has 1 saturated heterocycles. The monoisotopic (exact) mass is 296 g/mol. The van der Waals surface area contributed by atoms with E-state index in [1.807, 2.05) is 0 Å². The number of aryl methyl sites for hydroxylation is 2. The van der Waals surface area contributed by atoms with Crippen LogP contribution in [0.2, 0.25) is 0 Å². The molecular weight excluding hydrogens is 280 g/mol. The number of carbonyl (C=O) groups excluding carboxylic acids is 1. The summed E-state index contributed by atoms with van der Waals surface area (Å²) in [5, 5.41) is 24.1. The van der Waals surface area contributed by atoms with Gasteiger partial charge in [-0.25, -0.2) is 0 Å². The van der Waals surface area contributed by atoms with Crippen LogP contribution in [0.3, 0.4) is 0 Å². The summed E-state index contributed by atoms with van der Waals surface area (Å²) in [6.45, 7) is 1.92. The molecule has 1 aliphatic heterocycles. The minimum absolute atomic E-state index is 0.0650. The molecule has 9 heteroatoms. The molecule has 1 aliphatic rings. The van der Waals surface area contributed by atoms with Crippen LogP contribution < -0.4 is 0 Å². The molecule has 1 aromatic heterocycles. The molecule has 1 N–H and O–H groups in total. The Kier molecular flexibility index (Phi) is 3.92. The van der Waals surface area contributed by atoms with Gasteiger partial charge in [0.15, 0.2) is 0 Å². The van der Waals surface area contributed by atoms with E-state index in [-0.39, 0.29) is 23.6 Å². The second-order valence-corrected chi connectivity index (χ2v) is 5.09. The molecule has 0 unspecified atom stereocenters. The van der Waals surface area contributed by atoms with Crippen molar-refractivity contribution < 1.29 is 19.6 Å². The van der Waals surface area contributed by atoms with Gasteiger partial charge >= 0.3 is 11.7 Å². The van der Waals surface area contributed by atoms with Gasteiger partial charge in [-0.05, 0) is 19.8 Å². The third kappa shape index (κ3) is 2.71. The fourth-order valence-corrected chi connectivity index (χ4v) is 2.62. The van der Waals surface area contributed by atoms with E-state index in [9.17, 15) is 19.7 Å². The van der Waals surface area contributed by atoms with Crippen LogP contribution in [0.4, 0.5) is 5.69 Å². The molecule has 0 saturated carbocycles. The molecule has 0 aromatic carbocycles. The predicted octanol–water partition coefficient (Wildman–Crippen LogP) is 0.574. The largest absolute Gasteiger partial charge is 0.481 e. The maximum absolute atomic E-state index is 12.5. The Labute approximate surface area is 120 Å². The molecule has 2 heterocycles. The molecule has 0 bridgehead atoms. The van der Waals surface area contributed by atoms with Gasteiger partial charge in [0.25, 0.3) is 5.91 Å². The number of nitrogens with zero attached hydrogens (tertiary/aromatic N) is 4. The quantitative estimate of drug-likeness (QED) is 0.643. The lowest BCUT2D eigenvalue weighted by atomic mass is 9.98. The third-order valence-electron chi connectivity index (χ3n) is 3.63. The molecule has 1 fully saturated rings. The summed E-state index contributed by atoms with van der Waals surface area (Å²) in [5.41, 5.74) is -0.263. The number of hydrogen-bond donors (Lipinski definition) is 1. The summed E-state index contributed by atoms with van der Waals surface area (Å²) in [5.74, 6) is -2.13. The lowest BCUT2D eigenvalue weighted by Crippen LogP contribution is -2.43. The van der Waals surface area contributed by atoms with Gasteiger partial charge < -0.3 is 10.0 Å². The second kappa shape index (κ2) is 5.51. The van der Waals surface area contributed by atoms with Crippen molar-refractivity contribution in [3.05, 3.63) is 21.5 Å². The highest BCUT2D eigenvalue weighted by Gasteiger charge is 2.35. The Morgan fingerprint density at radius 3 is 2.71 bits per heavy atom. The second-order valence-electron chi connectivity index (χ2n) is 5.09. The van der Waals surface area contributed by atoms with Gasteiger partial charge in [0.2, 0.25) is 5.69 Å². The first-order chi connectivity index (χ1) is 9.82. The molecule has 0 aliphatic carbocycles. The number of hydrogen-bond acceptors (Lipinski definition) is 5. The fraction of sp³-hybridized carbons (Fsp3) is 0.583. The number of carbonyl (C=O) groups is 2. The van der Waals surface area contributed by atoms with Crippen molar-refractivity contribution in [2.75, 3.05) is 13.1 Å². The van der Waals surface area contributed by atoms with Crippen molar-refractivity contribution in [3.63, 3.8) is 0 Å². The number of carboxylic acids is 1. The van der Waals surface area contributed by atoms with Crippen LogP contribution in [0.1, 0.15) is 29.0 Å². The number of likely N-dealkylation sites (tertiary alicyclic amines) is 1. The highest BCUT2D eigenvalue weighted by molar-refractivity contribution is 5.97. The lowest BCUT2D eigenvalue weighted by Gasteiger charge is -2.30. The SMILES string of the molecule is Cc1nn(C)c(C(=O)N2CCC[C@H](C(=O)O)C2)c1[N+](=O)[O-]. The summed E-state index contributed by atoms with van der Waals surface area (Å²) >= 11 is 0. The average molecular weight is 296 g/mol. The van der Waals surface area contributed by atoms with E-state index < -0.39 is 22.7 Å². The maximum atomic E-state index is 12.5. The van der Waals surface area contributed by atoms with Crippen molar-refractivity contribution in [1.82, 2.24) is 14.7 Å². The first-order valence-corrected chi connectivity index (χ1v) is 6.53. The molecule has 1 atom stereocenters. The summed E-state index contributed by atoms with van der Waals surface area (Å²) < 4.78 is 1.18. The van der Waals surface area contributed by atoms with Gasteiger partial charge in [-0.1, -0.05) is 0 Å². The Bertz CT molecular complexity index is 609. The topological polar surface area (TPSA) is 119 Å². The van der Waals surface area contributed by atoms with E-state index in [4.69, 9.17) is 5.11 Å². The van der Waals surface area contributed by atoms with Crippen molar-refractivity contribution in [2.45, 2.75) is 19.8 Å². The molecule has 114 valence electrons. The number of piperidine rings is 1. The van der Waals surface area contributed by atoms with Gasteiger partial charge in [-0.3, -0.25) is 24.4 Å². The number of amides is 1. The standard InChI is InChI=1S/C12H16N4O5/c1-7-9(16(20)21)10(14(2)13-7)11(17)15-5-3-4-8(6-15)12(18)19/h8H,3-6H2,1-2H3,(H,18,19)/t8-/m0/s1. The Balaban J connectivity index is 2.32. The highest BCUT2D eigenvalue weighted by Crippen LogP contribution is 2.26. The van der Waals surface area contributed by atoms with Crippen LogP contribution in [0.15, 0.2) is 0 Å². The number of aliphatic carboxylic acids is 1. The van der Waals surface area contributed by atoms with Crippen molar-refractivity contribution in [3.8, 4) is 0 Å². The van der Waals surface area contributed by atoms with E-state index in [0.717, 1.165) is 0 Å². The van der Waals surface area contributed by atoms with Crippen LogP contribution in [0, 0.1) is 23.0 Å². The van der Waals surface area contributed by atoms with Crippen LogP contribution in [0.5, 0.6) is 0 Å². The molecule has 21 heavy (non-hydrogen) atoms. The summed E-state index contributed by atoms with van der Waals surface area (Å²) in [6, 6.07) is 0. The van der Waals surface area contributed by atoms with Gasteiger partial charge in [0, 0.05) is 20.1 Å². The van der Waals surface area contributed by atoms with Crippen LogP contribution in [0.25, 0.3) is 0 Å².